The molecule has 6 nitrogen and oxygen atoms in total. The summed E-state index contributed by atoms with van der Waals surface area (Å²) in [6.07, 6.45) is 3.24. The van der Waals surface area contributed by atoms with Gasteiger partial charge in [0.25, 0.3) is 5.92 Å². The molecule has 9 heteroatoms. The molecule has 0 unspecified atom stereocenters. The van der Waals surface area contributed by atoms with E-state index in [1.54, 1.807) is 11.0 Å². The fraction of sp³-hybridized carbons (Fsp3) is 0.684. The zero-order valence-corrected chi connectivity index (χ0v) is 16.8. The second kappa shape index (κ2) is 8.78. The van der Waals surface area contributed by atoms with Gasteiger partial charge in [0, 0.05) is 32.1 Å². The number of hydrogen-bond acceptors (Lipinski definition) is 5. The zero-order valence-electron chi connectivity index (χ0n) is 16.1. The first-order chi connectivity index (χ1) is 13.2. The van der Waals surface area contributed by atoms with Crippen LogP contribution in [0.4, 0.5) is 14.5 Å². The lowest BCUT2D eigenvalue weighted by atomic mass is 9.83. The Hall–Kier alpha value is -1.67. The van der Waals surface area contributed by atoms with Crippen LogP contribution in [0.5, 0.6) is 5.88 Å². The summed E-state index contributed by atoms with van der Waals surface area (Å²) in [6.45, 7) is 4.23. The molecule has 1 aromatic rings. The van der Waals surface area contributed by atoms with Crippen LogP contribution < -0.4 is 15.0 Å². The molecule has 0 aromatic carbocycles. The third-order valence-corrected chi connectivity index (χ3v) is 5.38. The van der Waals surface area contributed by atoms with Crippen LogP contribution in [0.2, 0.25) is 5.02 Å². The lowest BCUT2D eigenvalue weighted by molar-refractivity contribution is -0.120. The van der Waals surface area contributed by atoms with E-state index < -0.39 is 5.92 Å². The van der Waals surface area contributed by atoms with Crippen molar-refractivity contribution in [1.82, 2.24) is 10.3 Å². The maximum atomic E-state index is 13.5. The fourth-order valence-corrected chi connectivity index (χ4v) is 3.80. The molecule has 1 N–H and O–H groups in total. The SMILES string of the molecule is CC(=O)N[C@@H](C)CO[C@H]1C[C@H](COc2nccc(N3CCC(F)(F)C3)c2Cl)C1. The van der Waals surface area contributed by atoms with Crippen molar-refractivity contribution >= 4 is 23.2 Å². The molecule has 1 aliphatic carbocycles. The van der Waals surface area contributed by atoms with Gasteiger partial charge in [0.15, 0.2) is 0 Å². The first kappa shape index (κ1) is 21.0. The summed E-state index contributed by atoms with van der Waals surface area (Å²) in [5, 5.41) is 3.06. The van der Waals surface area contributed by atoms with Crippen LogP contribution in [-0.2, 0) is 9.53 Å². The van der Waals surface area contributed by atoms with Gasteiger partial charge in [-0.3, -0.25) is 4.79 Å². The number of pyridine rings is 1. The van der Waals surface area contributed by atoms with E-state index in [1.807, 2.05) is 6.92 Å². The quantitative estimate of drug-likeness (QED) is 0.703. The number of aromatic nitrogens is 1. The van der Waals surface area contributed by atoms with E-state index in [1.165, 1.54) is 13.1 Å². The summed E-state index contributed by atoms with van der Waals surface area (Å²) in [6, 6.07) is 1.62. The van der Waals surface area contributed by atoms with E-state index in [9.17, 15) is 13.6 Å². The Morgan fingerprint density at radius 3 is 2.89 bits per heavy atom. The Kier molecular flexibility index (Phi) is 6.60. The molecule has 1 saturated carbocycles. The highest BCUT2D eigenvalue weighted by atomic mass is 35.5. The standard InChI is InChI=1S/C19H26ClF2N3O3/c1-12(24-13(2)26)9-27-15-7-14(8-15)10-28-18-17(20)16(3-5-23-18)25-6-4-19(21,22)11-25/h3,5,12,14-15H,4,6-11H2,1-2H3,(H,24,26)/t12-,14-,15-/m0/s1. The van der Waals surface area contributed by atoms with Crippen molar-refractivity contribution in [2.24, 2.45) is 5.92 Å². The molecule has 2 fully saturated rings. The van der Waals surface area contributed by atoms with Crippen LogP contribution in [0, 0.1) is 5.92 Å². The Morgan fingerprint density at radius 2 is 2.25 bits per heavy atom. The predicted molar refractivity (Wildman–Crippen MR) is 102 cm³/mol. The second-order valence-electron chi connectivity index (χ2n) is 7.68. The average Bonchev–Trinajstić information content (AvgIpc) is 2.93. The van der Waals surface area contributed by atoms with Gasteiger partial charge in [-0.15, -0.1) is 0 Å². The highest BCUT2D eigenvalue weighted by Gasteiger charge is 2.39. The minimum Gasteiger partial charge on any atom is -0.476 e. The Labute approximate surface area is 168 Å². The summed E-state index contributed by atoms with van der Waals surface area (Å²) in [5.41, 5.74) is 0.533. The molecule has 156 valence electrons. The molecule has 0 radical (unpaired) electrons. The molecule has 28 heavy (non-hydrogen) atoms. The number of anilines is 1. The van der Waals surface area contributed by atoms with E-state index in [4.69, 9.17) is 21.1 Å². The van der Waals surface area contributed by atoms with Crippen LogP contribution in [-0.4, -0.2) is 55.3 Å². The van der Waals surface area contributed by atoms with Gasteiger partial charge in [-0.1, -0.05) is 11.6 Å². The number of rotatable bonds is 8. The van der Waals surface area contributed by atoms with E-state index in [0.29, 0.717) is 24.8 Å². The van der Waals surface area contributed by atoms with Gasteiger partial charge >= 0.3 is 0 Å². The molecule has 1 atom stereocenters. The monoisotopic (exact) mass is 417 g/mol. The van der Waals surface area contributed by atoms with Crippen LogP contribution in [0.3, 0.4) is 0 Å². The number of carbonyl (C=O) groups is 1. The Morgan fingerprint density at radius 1 is 1.50 bits per heavy atom. The minimum absolute atomic E-state index is 0.0171. The largest absolute Gasteiger partial charge is 0.476 e. The van der Waals surface area contributed by atoms with Gasteiger partial charge in [-0.25, -0.2) is 13.8 Å². The normalized spacial score (nSPS) is 24.5. The minimum atomic E-state index is -2.69. The number of nitrogens with zero attached hydrogens (tertiary/aromatic N) is 2. The number of ether oxygens (including phenoxy) is 2. The zero-order chi connectivity index (χ0) is 20.3. The van der Waals surface area contributed by atoms with Crippen molar-refractivity contribution in [1.29, 1.82) is 0 Å². The highest BCUT2D eigenvalue weighted by Crippen LogP contribution is 2.38. The van der Waals surface area contributed by atoms with Crippen molar-refractivity contribution in [2.45, 2.75) is 51.2 Å². The fourth-order valence-electron chi connectivity index (χ4n) is 3.51. The predicted octanol–water partition coefficient (Wildman–Crippen LogP) is 3.28. The molecule has 1 aromatic heterocycles. The van der Waals surface area contributed by atoms with Gasteiger partial charge in [0.05, 0.1) is 31.5 Å². The lowest BCUT2D eigenvalue weighted by Gasteiger charge is -2.35. The second-order valence-corrected chi connectivity index (χ2v) is 8.06. The molecule has 2 aliphatic rings. The molecule has 3 rings (SSSR count). The van der Waals surface area contributed by atoms with E-state index >= 15 is 0 Å². The summed E-state index contributed by atoms with van der Waals surface area (Å²) in [7, 11) is 0. The van der Waals surface area contributed by atoms with Crippen LogP contribution >= 0.6 is 11.6 Å². The first-order valence-electron chi connectivity index (χ1n) is 9.52. The molecule has 2 heterocycles. The summed E-state index contributed by atoms with van der Waals surface area (Å²) >= 11 is 6.35. The average molecular weight is 418 g/mol. The molecular formula is C19H26ClF2N3O3. The van der Waals surface area contributed by atoms with Gasteiger partial charge in [0.2, 0.25) is 11.8 Å². The van der Waals surface area contributed by atoms with Gasteiger partial charge in [-0.05, 0) is 31.7 Å². The number of carbonyl (C=O) groups excluding carboxylic acids is 1. The van der Waals surface area contributed by atoms with Crippen LogP contribution in [0.25, 0.3) is 0 Å². The van der Waals surface area contributed by atoms with Crippen molar-refractivity contribution in [3.05, 3.63) is 17.3 Å². The summed E-state index contributed by atoms with van der Waals surface area (Å²) in [5.74, 6) is -2.15. The topological polar surface area (TPSA) is 63.7 Å². The molecule has 1 amide bonds. The number of amides is 1. The number of nitrogens with one attached hydrogen (secondary N) is 1. The van der Waals surface area contributed by atoms with Gasteiger partial charge in [-0.2, -0.15) is 0 Å². The maximum Gasteiger partial charge on any atom is 0.266 e. The maximum absolute atomic E-state index is 13.5. The van der Waals surface area contributed by atoms with E-state index in [2.05, 4.69) is 10.3 Å². The molecule has 1 saturated heterocycles. The first-order valence-corrected chi connectivity index (χ1v) is 9.90. The number of alkyl halides is 2. The van der Waals surface area contributed by atoms with Crippen molar-refractivity contribution in [3.63, 3.8) is 0 Å². The summed E-state index contributed by atoms with van der Waals surface area (Å²) in [4.78, 5) is 16.7. The number of halogens is 3. The lowest BCUT2D eigenvalue weighted by Crippen LogP contribution is -2.40. The molecule has 0 spiro atoms. The smallest absolute Gasteiger partial charge is 0.266 e. The molecule has 1 aliphatic heterocycles. The third-order valence-electron chi connectivity index (χ3n) is 5.03. The molecular weight excluding hydrogens is 392 g/mol. The van der Waals surface area contributed by atoms with Gasteiger partial charge < -0.3 is 19.7 Å². The highest BCUT2D eigenvalue weighted by molar-refractivity contribution is 6.34. The van der Waals surface area contributed by atoms with E-state index in [-0.39, 0.29) is 48.5 Å². The van der Waals surface area contributed by atoms with Crippen molar-refractivity contribution in [3.8, 4) is 5.88 Å². The Bertz CT molecular complexity index is 701. The Balaban J connectivity index is 1.43. The third kappa shape index (κ3) is 5.44. The van der Waals surface area contributed by atoms with Gasteiger partial charge in [0.1, 0.15) is 5.02 Å². The molecule has 0 bridgehead atoms. The van der Waals surface area contributed by atoms with E-state index in [0.717, 1.165) is 12.8 Å². The number of hydrogen-bond donors (Lipinski definition) is 1. The van der Waals surface area contributed by atoms with Crippen LogP contribution in [0.15, 0.2) is 12.3 Å². The van der Waals surface area contributed by atoms with Crippen molar-refractivity contribution < 1.29 is 23.0 Å². The van der Waals surface area contributed by atoms with Crippen LogP contribution in [0.1, 0.15) is 33.1 Å². The summed E-state index contributed by atoms with van der Waals surface area (Å²) < 4.78 is 38.4. The van der Waals surface area contributed by atoms with Crippen molar-refractivity contribution in [2.75, 3.05) is 31.2 Å².